The van der Waals surface area contributed by atoms with Crippen LogP contribution < -0.4 is 5.73 Å². The highest BCUT2D eigenvalue weighted by Crippen LogP contribution is 2.26. The van der Waals surface area contributed by atoms with E-state index in [1.54, 1.807) is 16.4 Å². The second kappa shape index (κ2) is 6.03. The standard InChI is InChI=1S/C14H22N2O2S/c1-12-5-2-3-7-14(12)19(17,18)16-10-4-6-13(11-16)8-9-15/h2-3,5,7,13H,4,6,8-11,15H2,1H3. The van der Waals surface area contributed by atoms with Gasteiger partial charge in [0.1, 0.15) is 0 Å². The van der Waals surface area contributed by atoms with Gasteiger partial charge in [0.05, 0.1) is 4.90 Å². The fourth-order valence-corrected chi connectivity index (χ4v) is 4.48. The van der Waals surface area contributed by atoms with Gasteiger partial charge in [-0.15, -0.1) is 0 Å². The van der Waals surface area contributed by atoms with E-state index in [0.29, 0.717) is 30.4 Å². The van der Waals surface area contributed by atoms with Gasteiger partial charge in [-0.1, -0.05) is 18.2 Å². The summed E-state index contributed by atoms with van der Waals surface area (Å²) in [6.07, 6.45) is 2.91. The molecule has 0 aliphatic carbocycles. The first-order valence-electron chi connectivity index (χ1n) is 6.81. The normalized spacial score (nSPS) is 21.5. The highest BCUT2D eigenvalue weighted by atomic mass is 32.2. The molecule has 1 aliphatic rings. The van der Waals surface area contributed by atoms with E-state index in [2.05, 4.69) is 0 Å². The van der Waals surface area contributed by atoms with E-state index >= 15 is 0 Å². The Hall–Kier alpha value is -0.910. The van der Waals surface area contributed by atoms with Gasteiger partial charge in [-0.2, -0.15) is 4.31 Å². The number of piperidine rings is 1. The molecule has 4 nitrogen and oxygen atoms in total. The van der Waals surface area contributed by atoms with E-state index in [1.165, 1.54) is 0 Å². The smallest absolute Gasteiger partial charge is 0.243 e. The highest BCUT2D eigenvalue weighted by molar-refractivity contribution is 7.89. The Labute approximate surface area is 115 Å². The summed E-state index contributed by atoms with van der Waals surface area (Å²) in [5.41, 5.74) is 6.39. The number of hydrogen-bond donors (Lipinski definition) is 1. The molecule has 0 radical (unpaired) electrons. The molecule has 1 fully saturated rings. The van der Waals surface area contributed by atoms with Gasteiger partial charge in [0, 0.05) is 13.1 Å². The van der Waals surface area contributed by atoms with Crippen LogP contribution in [0.5, 0.6) is 0 Å². The van der Waals surface area contributed by atoms with Crippen molar-refractivity contribution in [1.29, 1.82) is 0 Å². The zero-order valence-electron chi connectivity index (χ0n) is 11.4. The molecule has 1 aromatic rings. The molecule has 2 N–H and O–H groups in total. The fourth-order valence-electron chi connectivity index (χ4n) is 2.70. The van der Waals surface area contributed by atoms with Crippen molar-refractivity contribution >= 4 is 10.0 Å². The lowest BCUT2D eigenvalue weighted by Gasteiger charge is -2.32. The summed E-state index contributed by atoms with van der Waals surface area (Å²) in [7, 11) is -3.35. The van der Waals surface area contributed by atoms with E-state index in [0.717, 1.165) is 24.8 Å². The molecule has 0 saturated carbocycles. The summed E-state index contributed by atoms with van der Waals surface area (Å²) in [5.74, 6) is 0.401. The molecule has 0 aromatic heterocycles. The Morgan fingerprint density at radius 1 is 1.37 bits per heavy atom. The van der Waals surface area contributed by atoms with E-state index in [9.17, 15) is 8.42 Å². The van der Waals surface area contributed by atoms with Crippen molar-refractivity contribution in [2.24, 2.45) is 11.7 Å². The van der Waals surface area contributed by atoms with E-state index in [1.807, 2.05) is 19.1 Å². The minimum absolute atomic E-state index is 0.401. The fraction of sp³-hybridized carbons (Fsp3) is 0.571. The largest absolute Gasteiger partial charge is 0.330 e. The first-order valence-corrected chi connectivity index (χ1v) is 8.25. The summed E-state index contributed by atoms with van der Waals surface area (Å²) in [5, 5.41) is 0. The second-order valence-corrected chi connectivity index (χ2v) is 7.12. The lowest BCUT2D eigenvalue weighted by molar-refractivity contribution is 0.258. The average Bonchev–Trinajstić information content (AvgIpc) is 2.40. The maximum Gasteiger partial charge on any atom is 0.243 e. The van der Waals surface area contributed by atoms with Crippen molar-refractivity contribution in [2.45, 2.75) is 31.1 Å². The number of nitrogens with two attached hydrogens (primary N) is 1. The second-order valence-electron chi connectivity index (χ2n) is 5.21. The third kappa shape index (κ3) is 3.16. The number of nitrogens with zero attached hydrogens (tertiary/aromatic N) is 1. The van der Waals surface area contributed by atoms with Crippen molar-refractivity contribution in [3.63, 3.8) is 0 Å². The van der Waals surface area contributed by atoms with Gasteiger partial charge in [-0.25, -0.2) is 8.42 Å². The summed E-state index contributed by atoms with van der Waals surface area (Å²) in [4.78, 5) is 0.434. The molecule has 1 aliphatic heterocycles. The summed E-state index contributed by atoms with van der Waals surface area (Å²) < 4.78 is 26.9. The predicted octanol–water partition coefficient (Wildman–Crippen LogP) is 1.74. The molecular formula is C14H22N2O2S. The lowest BCUT2D eigenvalue weighted by atomic mass is 9.96. The lowest BCUT2D eigenvalue weighted by Crippen LogP contribution is -2.40. The van der Waals surface area contributed by atoms with E-state index in [4.69, 9.17) is 5.73 Å². The molecule has 1 saturated heterocycles. The number of benzene rings is 1. The molecule has 2 rings (SSSR count). The number of rotatable bonds is 4. The molecule has 0 bridgehead atoms. The average molecular weight is 282 g/mol. The van der Waals surface area contributed by atoms with Crippen molar-refractivity contribution in [1.82, 2.24) is 4.31 Å². The molecule has 1 atom stereocenters. The zero-order valence-corrected chi connectivity index (χ0v) is 12.2. The SMILES string of the molecule is Cc1ccccc1S(=O)(=O)N1CCCC(CCN)C1. The van der Waals surface area contributed by atoms with Gasteiger partial charge in [-0.3, -0.25) is 0 Å². The molecule has 1 aromatic carbocycles. The van der Waals surface area contributed by atoms with Crippen molar-refractivity contribution in [2.75, 3.05) is 19.6 Å². The van der Waals surface area contributed by atoms with Crippen LogP contribution in [0, 0.1) is 12.8 Å². The van der Waals surface area contributed by atoms with Crippen molar-refractivity contribution in [3.8, 4) is 0 Å². The van der Waals surface area contributed by atoms with Gasteiger partial charge in [0.25, 0.3) is 0 Å². The zero-order chi connectivity index (χ0) is 13.9. The first-order chi connectivity index (χ1) is 9.05. The van der Waals surface area contributed by atoms with Crippen LogP contribution in [-0.4, -0.2) is 32.4 Å². The highest BCUT2D eigenvalue weighted by Gasteiger charge is 2.30. The molecule has 1 heterocycles. The monoisotopic (exact) mass is 282 g/mol. The van der Waals surface area contributed by atoms with Gasteiger partial charge >= 0.3 is 0 Å². The Bertz CT molecular complexity index is 526. The predicted molar refractivity (Wildman–Crippen MR) is 76.3 cm³/mol. The molecule has 1 unspecified atom stereocenters. The Kier molecular flexibility index (Phi) is 4.60. The Balaban J connectivity index is 2.22. The molecule has 19 heavy (non-hydrogen) atoms. The molecule has 0 spiro atoms. The number of hydrogen-bond acceptors (Lipinski definition) is 3. The van der Waals surface area contributed by atoms with Gasteiger partial charge in [0.2, 0.25) is 10.0 Å². The van der Waals surface area contributed by atoms with Crippen LogP contribution in [0.4, 0.5) is 0 Å². The molecule has 106 valence electrons. The van der Waals surface area contributed by atoms with Gasteiger partial charge in [-0.05, 0) is 50.3 Å². The van der Waals surface area contributed by atoms with Crippen LogP contribution in [-0.2, 0) is 10.0 Å². The van der Waals surface area contributed by atoms with Gasteiger partial charge in [0.15, 0.2) is 0 Å². The van der Waals surface area contributed by atoms with E-state index < -0.39 is 10.0 Å². The van der Waals surface area contributed by atoms with Crippen LogP contribution in [0.25, 0.3) is 0 Å². The van der Waals surface area contributed by atoms with Crippen LogP contribution >= 0.6 is 0 Å². The number of sulfonamides is 1. The van der Waals surface area contributed by atoms with Crippen LogP contribution in [0.3, 0.4) is 0 Å². The number of aryl methyl sites for hydroxylation is 1. The minimum Gasteiger partial charge on any atom is -0.330 e. The van der Waals surface area contributed by atoms with Crippen LogP contribution in [0.1, 0.15) is 24.8 Å². The maximum absolute atomic E-state index is 12.7. The maximum atomic E-state index is 12.7. The quantitative estimate of drug-likeness (QED) is 0.915. The Morgan fingerprint density at radius 3 is 2.79 bits per heavy atom. The van der Waals surface area contributed by atoms with Crippen LogP contribution in [0.15, 0.2) is 29.2 Å². The topological polar surface area (TPSA) is 63.4 Å². The first kappa shape index (κ1) is 14.5. The molecule has 0 amide bonds. The van der Waals surface area contributed by atoms with Crippen molar-refractivity contribution in [3.05, 3.63) is 29.8 Å². The third-order valence-electron chi connectivity index (χ3n) is 3.77. The summed E-state index contributed by atoms with van der Waals surface area (Å²) in [6.45, 7) is 3.70. The molecule has 5 heteroatoms. The summed E-state index contributed by atoms with van der Waals surface area (Å²) in [6, 6.07) is 7.17. The van der Waals surface area contributed by atoms with Gasteiger partial charge < -0.3 is 5.73 Å². The van der Waals surface area contributed by atoms with E-state index in [-0.39, 0.29) is 0 Å². The van der Waals surface area contributed by atoms with Crippen molar-refractivity contribution < 1.29 is 8.42 Å². The third-order valence-corrected chi connectivity index (χ3v) is 5.79. The molecular weight excluding hydrogens is 260 g/mol. The summed E-state index contributed by atoms with van der Waals surface area (Å²) >= 11 is 0. The van der Waals surface area contributed by atoms with Crippen LogP contribution in [0.2, 0.25) is 0 Å². The Morgan fingerprint density at radius 2 is 2.11 bits per heavy atom. The minimum atomic E-state index is -3.35.